The van der Waals surface area contributed by atoms with Crippen LogP contribution in [-0.2, 0) is 4.74 Å². The molecule has 0 amide bonds. The highest BCUT2D eigenvalue weighted by atomic mass is 16.5. The summed E-state index contributed by atoms with van der Waals surface area (Å²) in [7, 11) is 0. The summed E-state index contributed by atoms with van der Waals surface area (Å²) in [5.74, 6) is 0. The molecule has 0 spiro atoms. The Kier molecular flexibility index (Phi) is 11.2. The summed E-state index contributed by atoms with van der Waals surface area (Å²) >= 11 is 0. The van der Waals surface area contributed by atoms with Gasteiger partial charge in [0.05, 0.1) is 6.10 Å². The second-order valence-corrected chi connectivity index (χ2v) is 9.23. The maximum Gasteiger partial charge on any atom is 0.0796 e. The van der Waals surface area contributed by atoms with Crippen molar-refractivity contribution in [2.75, 3.05) is 6.61 Å². The van der Waals surface area contributed by atoms with E-state index in [1.54, 1.807) is 0 Å². The molecule has 33 heavy (non-hydrogen) atoms. The van der Waals surface area contributed by atoms with E-state index in [9.17, 15) is 0 Å². The molecule has 0 aliphatic rings. The molecule has 3 aromatic carbocycles. The van der Waals surface area contributed by atoms with E-state index in [0.717, 1.165) is 6.61 Å². The van der Waals surface area contributed by atoms with E-state index in [1.807, 2.05) is 0 Å². The van der Waals surface area contributed by atoms with Gasteiger partial charge in [0.15, 0.2) is 0 Å². The number of hydrogen-bond donors (Lipinski definition) is 0. The third-order valence-corrected chi connectivity index (χ3v) is 6.57. The zero-order chi connectivity index (χ0) is 23.1. The maximum atomic E-state index is 6.14. The first-order valence-corrected chi connectivity index (χ1v) is 13.2. The van der Waals surface area contributed by atoms with E-state index in [0.29, 0.717) is 0 Å². The minimum absolute atomic E-state index is 0.141. The summed E-state index contributed by atoms with van der Waals surface area (Å²) in [5.41, 5.74) is 6.30. The van der Waals surface area contributed by atoms with Crippen LogP contribution in [0.25, 0.3) is 22.3 Å². The van der Waals surface area contributed by atoms with Crippen LogP contribution < -0.4 is 0 Å². The summed E-state index contributed by atoms with van der Waals surface area (Å²) in [4.78, 5) is 0. The van der Waals surface area contributed by atoms with Crippen LogP contribution >= 0.6 is 0 Å². The first-order chi connectivity index (χ1) is 16.3. The second-order valence-electron chi connectivity index (χ2n) is 9.23. The van der Waals surface area contributed by atoms with Gasteiger partial charge in [-0.2, -0.15) is 0 Å². The molecular formula is C32H42O. The number of unbranched alkanes of at least 4 members (excludes halogenated alkanes) is 9. The highest BCUT2D eigenvalue weighted by molar-refractivity contribution is 5.83. The Hall–Kier alpha value is -2.38. The van der Waals surface area contributed by atoms with Crippen LogP contribution in [0.5, 0.6) is 0 Å². The van der Waals surface area contributed by atoms with Gasteiger partial charge in [-0.25, -0.2) is 0 Å². The second kappa shape index (κ2) is 14.7. The lowest BCUT2D eigenvalue weighted by atomic mass is 9.94. The first kappa shape index (κ1) is 25.2. The van der Waals surface area contributed by atoms with Crippen LogP contribution in [0.4, 0.5) is 0 Å². The summed E-state index contributed by atoms with van der Waals surface area (Å²) in [5, 5.41) is 0. The first-order valence-electron chi connectivity index (χ1n) is 13.2. The summed E-state index contributed by atoms with van der Waals surface area (Å²) in [6.07, 6.45) is 13.7. The number of ether oxygens (including phenoxy) is 1. The van der Waals surface area contributed by atoms with Gasteiger partial charge in [0.2, 0.25) is 0 Å². The predicted octanol–water partition coefficient (Wildman–Crippen LogP) is 10.0. The van der Waals surface area contributed by atoms with E-state index in [2.05, 4.69) is 92.7 Å². The van der Waals surface area contributed by atoms with Gasteiger partial charge in [-0.1, -0.05) is 144 Å². The maximum absolute atomic E-state index is 6.14. The number of hydrogen-bond acceptors (Lipinski definition) is 1. The molecule has 3 aromatic rings. The topological polar surface area (TPSA) is 9.23 Å². The molecule has 0 aliphatic carbocycles. The third kappa shape index (κ3) is 8.48. The molecule has 0 saturated heterocycles. The van der Waals surface area contributed by atoms with Gasteiger partial charge >= 0.3 is 0 Å². The summed E-state index contributed by atoms with van der Waals surface area (Å²) in [6.45, 7) is 5.31. The van der Waals surface area contributed by atoms with Crippen LogP contribution in [0, 0.1) is 0 Å². The summed E-state index contributed by atoms with van der Waals surface area (Å²) < 4.78 is 6.14. The molecule has 0 radical (unpaired) electrons. The van der Waals surface area contributed by atoms with Crippen molar-refractivity contribution in [2.45, 2.75) is 84.2 Å². The van der Waals surface area contributed by atoms with Gasteiger partial charge < -0.3 is 4.74 Å². The van der Waals surface area contributed by atoms with Crippen molar-refractivity contribution in [3.63, 3.8) is 0 Å². The molecule has 0 aromatic heterocycles. The Morgan fingerprint density at radius 3 is 1.61 bits per heavy atom. The quantitative estimate of drug-likeness (QED) is 0.213. The van der Waals surface area contributed by atoms with Crippen molar-refractivity contribution in [2.24, 2.45) is 0 Å². The fraction of sp³-hybridized carbons (Fsp3) is 0.438. The van der Waals surface area contributed by atoms with Gasteiger partial charge in [0.1, 0.15) is 0 Å². The summed E-state index contributed by atoms with van der Waals surface area (Å²) in [6, 6.07) is 28.2. The SMILES string of the molecule is CCCCCCCCCCCCOC(C)c1ccc(-c2ccccc2-c2ccccc2)cc1. The van der Waals surface area contributed by atoms with Crippen LogP contribution in [0.3, 0.4) is 0 Å². The Bertz CT molecular complexity index is 897. The number of benzene rings is 3. The molecule has 1 unspecified atom stereocenters. The van der Waals surface area contributed by atoms with Crippen LogP contribution in [0.15, 0.2) is 78.9 Å². The standard InChI is InChI=1S/C32H42O/c1-3-4-5-6-7-8-9-10-11-17-26-33-27(2)28-22-24-30(25-23-28)32-21-16-15-20-31(32)29-18-13-12-14-19-29/h12-16,18-25,27H,3-11,17,26H2,1-2H3. The van der Waals surface area contributed by atoms with Crippen LogP contribution in [0.2, 0.25) is 0 Å². The van der Waals surface area contributed by atoms with Crippen molar-refractivity contribution in [3.8, 4) is 22.3 Å². The molecule has 1 heteroatoms. The van der Waals surface area contributed by atoms with Crippen molar-refractivity contribution in [1.82, 2.24) is 0 Å². The van der Waals surface area contributed by atoms with E-state index < -0.39 is 0 Å². The van der Waals surface area contributed by atoms with Gasteiger partial charge in [-0.05, 0) is 41.2 Å². The van der Waals surface area contributed by atoms with Crippen LogP contribution in [-0.4, -0.2) is 6.61 Å². The van der Waals surface area contributed by atoms with Gasteiger partial charge in [-0.15, -0.1) is 0 Å². The lowest BCUT2D eigenvalue weighted by molar-refractivity contribution is 0.0627. The molecule has 176 valence electrons. The molecule has 0 N–H and O–H groups in total. The molecular weight excluding hydrogens is 400 g/mol. The van der Waals surface area contributed by atoms with Gasteiger partial charge in [-0.3, -0.25) is 0 Å². The van der Waals surface area contributed by atoms with E-state index in [-0.39, 0.29) is 6.10 Å². The monoisotopic (exact) mass is 442 g/mol. The predicted molar refractivity (Wildman–Crippen MR) is 144 cm³/mol. The smallest absolute Gasteiger partial charge is 0.0796 e. The fourth-order valence-corrected chi connectivity index (χ4v) is 4.48. The Balaban J connectivity index is 1.41. The molecule has 0 bridgehead atoms. The van der Waals surface area contributed by atoms with Gasteiger partial charge in [0, 0.05) is 6.61 Å². The number of rotatable bonds is 15. The normalized spacial score (nSPS) is 12.1. The van der Waals surface area contributed by atoms with E-state index in [4.69, 9.17) is 4.74 Å². The zero-order valence-corrected chi connectivity index (χ0v) is 20.8. The zero-order valence-electron chi connectivity index (χ0n) is 20.8. The van der Waals surface area contributed by atoms with Crippen LogP contribution in [0.1, 0.15) is 89.7 Å². The van der Waals surface area contributed by atoms with Crippen molar-refractivity contribution in [1.29, 1.82) is 0 Å². The minimum atomic E-state index is 0.141. The Morgan fingerprint density at radius 2 is 1.03 bits per heavy atom. The highest BCUT2D eigenvalue weighted by Gasteiger charge is 2.09. The van der Waals surface area contributed by atoms with Gasteiger partial charge in [0.25, 0.3) is 0 Å². The van der Waals surface area contributed by atoms with Crippen molar-refractivity contribution in [3.05, 3.63) is 84.4 Å². The average molecular weight is 443 g/mol. The van der Waals surface area contributed by atoms with E-state index in [1.165, 1.54) is 92.0 Å². The molecule has 1 atom stereocenters. The lowest BCUT2D eigenvalue weighted by Crippen LogP contribution is -2.02. The van der Waals surface area contributed by atoms with Crippen molar-refractivity contribution >= 4 is 0 Å². The van der Waals surface area contributed by atoms with E-state index >= 15 is 0 Å². The highest BCUT2D eigenvalue weighted by Crippen LogP contribution is 2.32. The molecule has 0 aliphatic heterocycles. The largest absolute Gasteiger partial charge is 0.374 e. The average Bonchev–Trinajstić information content (AvgIpc) is 2.88. The molecule has 0 fully saturated rings. The minimum Gasteiger partial charge on any atom is -0.374 e. The molecule has 0 heterocycles. The fourth-order valence-electron chi connectivity index (χ4n) is 4.48. The Labute approximate surface area is 202 Å². The molecule has 1 nitrogen and oxygen atoms in total. The molecule has 0 saturated carbocycles. The molecule has 3 rings (SSSR count). The van der Waals surface area contributed by atoms with Crippen molar-refractivity contribution < 1.29 is 4.74 Å². The lowest BCUT2D eigenvalue weighted by Gasteiger charge is -2.15. The third-order valence-electron chi connectivity index (χ3n) is 6.57. The Morgan fingerprint density at radius 1 is 0.545 bits per heavy atom.